The zero-order chi connectivity index (χ0) is 16.2. The van der Waals surface area contributed by atoms with Gasteiger partial charge in [-0.25, -0.2) is 9.78 Å². The minimum Gasteiger partial charge on any atom is -0.444 e. The summed E-state index contributed by atoms with van der Waals surface area (Å²) in [7, 11) is 1.56. The largest absolute Gasteiger partial charge is 0.444 e. The Balaban J connectivity index is 2.85. The van der Waals surface area contributed by atoms with Gasteiger partial charge in [0, 0.05) is 12.4 Å². The first kappa shape index (κ1) is 17.4. The maximum atomic E-state index is 11.9. The number of nitrogens with zero attached hydrogens (tertiary/aromatic N) is 1. The van der Waals surface area contributed by atoms with E-state index < -0.39 is 11.7 Å². The smallest absolute Gasteiger partial charge is 0.408 e. The normalized spacial score (nSPS) is 12.9. The Hall–Kier alpha value is -1.63. The molecule has 1 aromatic rings. The van der Waals surface area contributed by atoms with E-state index >= 15 is 0 Å². The molecule has 0 aromatic carbocycles. The molecular formula is C14H23N3O3S. The van der Waals surface area contributed by atoms with Gasteiger partial charge in [0.1, 0.15) is 16.3 Å². The van der Waals surface area contributed by atoms with E-state index in [9.17, 15) is 9.59 Å². The number of alkyl carbamates (subject to hydrolysis) is 1. The number of ether oxygens (including phenoxy) is 1. The fourth-order valence-corrected chi connectivity index (χ4v) is 2.63. The van der Waals surface area contributed by atoms with E-state index in [-0.39, 0.29) is 17.9 Å². The van der Waals surface area contributed by atoms with E-state index in [1.54, 1.807) is 12.4 Å². The standard InChI is InChI=1S/C14H23N3O3S/c1-8(2)10(17-13(19)20-14(3,4)5)12-16-9(7-21-12)11(18)15-6/h7-8,10H,1-6H3,(H,15,18)(H,17,19). The second-order valence-corrected chi connectivity index (χ2v) is 6.91. The molecule has 2 N–H and O–H groups in total. The summed E-state index contributed by atoms with van der Waals surface area (Å²) in [5, 5.41) is 7.71. The maximum Gasteiger partial charge on any atom is 0.408 e. The average Bonchev–Trinajstić information content (AvgIpc) is 2.81. The van der Waals surface area contributed by atoms with Crippen LogP contribution >= 0.6 is 11.3 Å². The Morgan fingerprint density at radius 1 is 1.33 bits per heavy atom. The van der Waals surface area contributed by atoms with Gasteiger partial charge in [-0.05, 0) is 26.7 Å². The molecule has 0 spiro atoms. The van der Waals surface area contributed by atoms with Gasteiger partial charge in [0.25, 0.3) is 5.91 Å². The van der Waals surface area contributed by atoms with E-state index in [0.29, 0.717) is 10.7 Å². The molecule has 1 heterocycles. The molecule has 1 unspecified atom stereocenters. The molecule has 0 bridgehead atoms. The topological polar surface area (TPSA) is 80.3 Å². The van der Waals surface area contributed by atoms with Crippen molar-refractivity contribution in [1.29, 1.82) is 0 Å². The highest BCUT2D eigenvalue weighted by Crippen LogP contribution is 2.25. The van der Waals surface area contributed by atoms with Crippen molar-refractivity contribution in [2.75, 3.05) is 7.05 Å². The summed E-state index contributed by atoms with van der Waals surface area (Å²) >= 11 is 1.35. The van der Waals surface area contributed by atoms with Crippen LogP contribution in [0.2, 0.25) is 0 Å². The lowest BCUT2D eigenvalue weighted by Gasteiger charge is -2.24. The van der Waals surface area contributed by atoms with Crippen molar-refractivity contribution in [2.24, 2.45) is 5.92 Å². The van der Waals surface area contributed by atoms with E-state index in [0.717, 1.165) is 0 Å². The van der Waals surface area contributed by atoms with E-state index in [4.69, 9.17) is 4.74 Å². The summed E-state index contributed by atoms with van der Waals surface area (Å²) in [6.07, 6.45) is -0.488. The first-order chi connectivity index (χ1) is 9.64. The molecule has 0 saturated heterocycles. The Morgan fingerprint density at radius 2 is 1.95 bits per heavy atom. The minimum atomic E-state index is -0.554. The fraction of sp³-hybridized carbons (Fsp3) is 0.643. The number of thiazole rings is 1. The molecule has 1 atom stereocenters. The molecule has 0 saturated carbocycles. The molecule has 0 aliphatic rings. The van der Waals surface area contributed by atoms with Crippen molar-refractivity contribution < 1.29 is 14.3 Å². The SMILES string of the molecule is CNC(=O)c1csc(C(NC(=O)OC(C)(C)C)C(C)C)n1. The van der Waals surface area contributed by atoms with Crippen LogP contribution in [0, 0.1) is 5.92 Å². The van der Waals surface area contributed by atoms with Crippen LogP contribution in [0.25, 0.3) is 0 Å². The van der Waals surface area contributed by atoms with Gasteiger partial charge in [-0.1, -0.05) is 13.8 Å². The van der Waals surface area contributed by atoms with Crippen molar-refractivity contribution in [2.45, 2.75) is 46.3 Å². The first-order valence-electron chi connectivity index (χ1n) is 6.81. The number of carbonyl (C=O) groups is 2. The lowest BCUT2D eigenvalue weighted by molar-refractivity contribution is 0.0489. The van der Waals surface area contributed by atoms with Gasteiger partial charge >= 0.3 is 6.09 Å². The highest BCUT2D eigenvalue weighted by Gasteiger charge is 2.25. The second-order valence-electron chi connectivity index (χ2n) is 6.02. The van der Waals surface area contributed by atoms with Crippen LogP contribution in [-0.2, 0) is 4.74 Å². The molecule has 6 nitrogen and oxygen atoms in total. The van der Waals surface area contributed by atoms with Crippen LogP contribution in [0.5, 0.6) is 0 Å². The molecular weight excluding hydrogens is 290 g/mol. The monoisotopic (exact) mass is 313 g/mol. The summed E-state index contributed by atoms with van der Waals surface area (Å²) < 4.78 is 5.26. The number of nitrogens with one attached hydrogen (secondary N) is 2. The molecule has 0 aliphatic carbocycles. The molecule has 0 radical (unpaired) electrons. The predicted molar refractivity (Wildman–Crippen MR) is 82.5 cm³/mol. The Kier molecular flexibility index (Phi) is 5.71. The van der Waals surface area contributed by atoms with Crippen LogP contribution in [0.3, 0.4) is 0 Å². The van der Waals surface area contributed by atoms with Crippen LogP contribution in [0.15, 0.2) is 5.38 Å². The summed E-state index contributed by atoms with van der Waals surface area (Å²) in [6.45, 7) is 9.38. The van der Waals surface area contributed by atoms with E-state index in [1.807, 2.05) is 34.6 Å². The van der Waals surface area contributed by atoms with Crippen LogP contribution in [0.4, 0.5) is 4.79 Å². The van der Waals surface area contributed by atoms with Crippen molar-refractivity contribution in [3.63, 3.8) is 0 Å². The molecule has 0 fully saturated rings. The van der Waals surface area contributed by atoms with Crippen molar-refractivity contribution in [1.82, 2.24) is 15.6 Å². The first-order valence-corrected chi connectivity index (χ1v) is 7.69. The summed E-state index contributed by atoms with van der Waals surface area (Å²) in [4.78, 5) is 27.7. The number of hydrogen-bond donors (Lipinski definition) is 2. The molecule has 1 aromatic heterocycles. The average molecular weight is 313 g/mol. The quantitative estimate of drug-likeness (QED) is 0.895. The fourth-order valence-electron chi connectivity index (χ4n) is 1.61. The lowest BCUT2D eigenvalue weighted by Crippen LogP contribution is -2.36. The highest BCUT2D eigenvalue weighted by molar-refractivity contribution is 7.09. The summed E-state index contributed by atoms with van der Waals surface area (Å²) in [6, 6.07) is -0.289. The van der Waals surface area contributed by atoms with Gasteiger partial charge < -0.3 is 15.4 Å². The van der Waals surface area contributed by atoms with Crippen LogP contribution in [0.1, 0.15) is 56.2 Å². The van der Waals surface area contributed by atoms with Crippen molar-refractivity contribution in [3.05, 3.63) is 16.1 Å². The van der Waals surface area contributed by atoms with E-state index in [1.165, 1.54) is 11.3 Å². The van der Waals surface area contributed by atoms with Gasteiger partial charge in [-0.15, -0.1) is 11.3 Å². The zero-order valence-electron chi connectivity index (χ0n) is 13.3. The third kappa shape index (κ3) is 5.34. The Morgan fingerprint density at radius 3 is 2.43 bits per heavy atom. The second kappa shape index (κ2) is 6.89. The van der Waals surface area contributed by atoms with Gasteiger partial charge in [-0.2, -0.15) is 0 Å². The molecule has 118 valence electrons. The molecule has 7 heteroatoms. The van der Waals surface area contributed by atoms with Gasteiger partial charge in [0.05, 0.1) is 6.04 Å². The van der Waals surface area contributed by atoms with Gasteiger partial charge in [-0.3, -0.25) is 4.79 Å². The lowest BCUT2D eigenvalue weighted by atomic mass is 10.1. The maximum absolute atomic E-state index is 11.9. The zero-order valence-corrected chi connectivity index (χ0v) is 14.1. The van der Waals surface area contributed by atoms with Crippen LogP contribution in [-0.4, -0.2) is 29.6 Å². The van der Waals surface area contributed by atoms with Crippen LogP contribution < -0.4 is 10.6 Å². The van der Waals surface area contributed by atoms with E-state index in [2.05, 4.69) is 15.6 Å². The molecule has 1 rings (SSSR count). The van der Waals surface area contributed by atoms with Gasteiger partial charge in [0.15, 0.2) is 0 Å². The third-order valence-electron chi connectivity index (χ3n) is 2.59. The molecule has 0 aliphatic heterocycles. The molecule has 2 amide bonds. The summed E-state index contributed by atoms with van der Waals surface area (Å²) in [5.41, 5.74) is -0.198. The van der Waals surface area contributed by atoms with Crippen molar-refractivity contribution in [3.8, 4) is 0 Å². The number of rotatable bonds is 4. The van der Waals surface area contributed by atoms with Crippen molar-refractivity contribution >= 4 is 23.3 Å². The molecule has 21 heavy (non-hydrogen) atoms. The Labute approximate surface area is 129 Å². The number of amides is 2. The number of carbonyl (C=O) groups excluding carboxylic acids is 2. The van der Waals surface area contributed by atoms with Gasteiger partial charge in [0.2, 0.25) is 0 Å². The predicted octanol–water partition coefficient (Wildman–Crippen LogP) is 2.72. The number of hydrogen-bond acceptors (Lipinski definition) is 5. The third-order valence-corrected chi connectivity index (χ3v) is 3.51. The number of aromatic nitrogens is 1. The highest BCUT2D eigenvalue weighted by atomic mass is 32.1. The summed E-state index contributed by atoms with van der Waals surface area (Å²) in [5.74, 6) is -0.113. The Bertz CT molecular complexity index is 506. The minimum absolute atomic E-state index is 0.126.